The largest absolute Gasteiger partial charge is 0.464 e. The number of nitrogens with one attached hydrogen (secondary N) is 2. The van der Waals surface area contributed by atoms with Crippen LogP contribution in [-0.2, 0) is 0 Å². The van der Waals surface area contributed by atoms with Gasteiger partial charge in [-0.2, -0.15) is 0 Å². The van der Waals surface area contributed by atoms with Gasteiger partial charge in [-0.05, 0) is 38.1 Å². The zero-order chi connectivity index (χ0) is 14.8. The van der Waals surface area contributed by atoms with E-state index in [9.17, 15) is 4.79 Å². The predicted molar refractivity (Wildman–Crippen MR) is 76.6 cm³/mol. The highest BCUT2D eigenvalue weighted by Gasteiger charge is 2.16. The van der Waals surface area contributed by atoms with Gasteiger partial charge in [0.05, 0.1) is 6.04 Å². The lowest BCUT2D eigenvalue weighted by Crippen LogP contribution is -2.30. The minimum Gasteiger partial charge on any atom is -0.464 e. The lowest BCUT2D eigenvalue weighted by molar-refractivity contribution is 0.174. The molecule has 1 atom stereocenters. The van der Waals surface area contributed by atoms with Crippen LogP contribution in [0.15, 0.2) is 34.7 Å². The Kier molecular flexibility index (Phi) is 3.43. The van der Waals surface area contributed by atoms with E-state index in [4.69, 9.17) is 13.9 Å². The van der Waals surface area contributed by atoms with Crippen LogP contribution in [0.3, 0.4) is 0 Å². The fraction of sp³-hybridized carbons (Fsp3) is 0.267. The van der Waals surface area contributed by atoms with Gasteiger partial charge in [-0.15, -0.1) is 0 Å². The second kappa shape index (κ2) is 5.40. The molecule has 0 fully saturated rings. The number of anilines is 1. The fourth-order valence-electron chi connectivity index (χ4n) is 2.10. The van der Waals surface area contributed by atoms with Crippen LogP contribution in [0.1, 0.15) is 24.5 Å². The standard InChI is InChI=1S/C15H16N2O4/c1-9-3-5-12(21-9)10(2)16-15(18)17-11-4-6-13-14(7-11)20-8-19-13/h3-7,10H,8H2,1-2H3,(H2,16,17,18). The van der Waals surface area contributed by atoms with Gasteiger partial charge in [0.1, 0.15) is 11.5 Å². The van der Waals surface area contributed by atoms with E-state index in [2.05, 4.69) is 10.6 Å². The van der Waals surface area contributed by atoms with Crippen molar-refractivity contribution >= 4 is 11.7 Å². The van der Waals surface area contributed by atoms with Crippen molar-refractivity contribution in [2.75, 3.05) is 12.1 Å². The molecule has 0 saturated carbocycles. The molecule has 2 aromatic rings. The average molecular weight is 288 g/mol. The minimum atomic E-state index is -0.310. The van der Waals surface area contributed by atoms with E-state index in [1.54, 1.807) is 18.2 Å². The molecule has 6 heteroatoms. The second-order valence-electron chi connectivity index (χ2n) is 4.84. The SMILES string of the molecule is Cc1ccc(C(C)NC(=O)Nc2ccc3c(c2)OCO3)o1. The highest BCUT2D eigenvalue weighted by atomic mass is 16.7. The van der Waals surface area contributed by atoms with Crippen LogP contribution in [0.25, 0.3) is 0 Å². The van der Waals surface area contributed by atoms with Crippen LogP contribution >= 0.6 is 0 Å². The molecule has 1 aromatic heterocycles. The summed E-state index contributed by atoms with van der Waals surface area (Å²) < 4.78 is 16.0. The van der Waals surface area contributed by atoms with Gasteiger partial charge in [-0.1, -0.05) is 0 Å². The molecule has 110 valence electrons. The molecule has 6 nitrogen and oxygen atoms in total. The third-order valence-corrected chi connectivity index (χ3v) is 3.17. The van der Waals surface area contributed by atoms with Gasteiger partial charge in [-0.25, -0.2) is 4.79 Å². The number of carbonyl (C=O) groups excluding carboxylic acids is 1. The monoisotopic (exact) mass is 288 g/mol. The van der Waals surface area contributed by atoms with Crippen LogP contribution in [0, 0.1) is 6.92 Å². The highest BCUT2D eigenvalue weighted by molar-refractivity contribution is 5.89. The molecule has 1 aliphatic rings. The van der Waals surface area contributed by atoms with Gasteiger partial charge in [-0.3, -0.25) is 0 Å². The van der Waals surface area contributed by atoms with Crippen LogP contribution in [-0.4, -0.2) is 12.8 Å². The molecule has 21 heavy (non-hydrogen) atoms. The molecule has 1 aliphatic heterocycles. The molecule has 1 unspecified atom stereocenters. The summed E-state index contributed by atoms with van der Waals surface area (Å²) in [6.07, 6.45) is 0. The summed E-state index contributed by atoms with van der Waals surface area (Å²) in [5, 5.41) is 5.56. The van der Waals surface area contributed by atoms with Crippen molar-refractivity contribution in [3.8, 4) is 11.5 Å². The molecule has 1 aromatic carbocycles. The zero-order valence-corrected chi connectivity index (χ0v) is 11.8. The first-order chi connectivity index (χ1) is 10.1. The van der Waals surface area contributed by atoms with Crippen molar-refractivity contribution in [3.05, 3.63) is 41.9 Å². The number of hydrogen-bond donors (Lipinski definition) is 2. The third kappa shape index (κ3) is 2.94. The van der Waals surface area contributed by atoms with E-state index < -0.39 is 0 Å². The normalized spacial score (nSPS) is 13.8. The summed E-state index contributed by atoms with van der Waals surface area (Å²) in [5.41, 5.74) is 0.638. The maximum atomic E-state index is 12.0. The van der Waals surface area contributed by atoms with E-state index in [-0.39, 0.29) is 18.9 Å². The number of amides is 2. The van der Waals surface area contributed by atoms with Gasteiger partial charge in [0.25, 0.3) is 0 Å². The third-order valence-electron chi connectivity index (χ3n) is 3.17. The van der Waals surface area contributed by atoms with Crippen molar-refractivity contribution in [1.29, 1.82) is 0 Å². The lowest BCUT2D eigenvalue weighted by atomic mass is 10.2. The average Bonchev–Trinajstić information content (AvgIpc) is 3.06. The maximum Gasteiger partial charge on any atom is 0.319 e. The van der Waals surface area contributed by atoms with Crippen LogP contribution in [0.2, 0.25) is 0 Å². The number of urea groups is 1. The molecule has 0 radical (unpaired) electrons. The summed E-state index contributed by atoms with van der Waals surface area (Å²) in [7, 11) is 0. The second-order valence-corrected chi connectivity index (χ2v) is 4.84. The first kappa shape index (κ1) is 13.4. The van der Waals surface area contributed by atoms with E-state index in [0.717, 1.165) is 5.76 Å². The van der Waals surface area contributed by atoms with Gasteiger partial charge in [0.15, 0.2) is 11.5 Å². The smallest absolute Gasteiger partial charge is 0.319 e. The number of carbonyl (C=O) groups is 1. The molecule has 0 aliphatic carbocycles. The van der Waals surface area contributed by atoms with Gasteiger partial charge >= 0.3 is 6.03 Å². The number of hydrogen-bond acceptors (Lipinski definition) is 4. The Morgan fingerprint density at radius 2 is 2.00 bits per heavy atom. The summed E-state index contributed by atoms with van der Waals surface area (Å²) >= 11 is 0. The summed E-state index contributed by atoms with van der Waals surface area (Å²) in [6.45, 7) is 3.93. The Morgan fingerprint density at radius 3 is 2.76 bits per heavy atom. The lowest BCUT2D eigenvalue weighted by Gasteiger charge is -2.12. The zero-order valence-electron chi connectivity index (χ0n) is 11.8. The Labute approximate surface area is 122 Å². The van der Waals surface area contributed by atoms with E-state index in [1.165, 1.54) is 0 Å². The van der Waals surface area contributed by atoms with Crippen molar-refractivity contribution in [1.82, 2.24) is 5.32 Å². The van der Waals surface area contributed by atoms with E-state index in [0.29, 0.717) is 22.9 Å². The number of rotatable bonds is 3. The Bertz CT molecular complexity index is 665. The van der Waals surface area contributed by atoms with Crippen LogP contribution in [0.4, 0.5) is 10.5 Å². The number of furan rings is 1. The predicted octanol–water partition coefficient (Wildman–Crippen LogP) is 3.20. The Hall–Kier alpha value is -2.63. The Balaban J connectivity index is 1.61. The fourth-order valence-corrected chi connectivity index (χ4v) is 2.10. The van der Waals surface area contributed by atoms with Gasteiger partial charge in [0.2, 0.25) is 6.79 Å². The number of fused-ring (bicyclic) bond motifs is 1. The Morgan fingerprint density at radius 1 is 1.19 bits per heavy atom. The topological polar surface area (TPSA) is 72.7 Å². The summed E-state index contributed by atoms with van der Waals surface area (Å²) in [5.74, 6) is 2.84. The van der Waals surface area contributed by atoms with Crippen molar-refractivity contribution < 1.29 is 18.7 Å². The van der Waals surface area contributed by atoms with Crippen molar-refractivity contribution in [2.24, 2.45) is 0 Å². The maximum absolute atomic E-state index is 12.0. The molecule has 0 spiro atoms. The molecule has 3 rings (SSSR count). The van der Waals surface area contributed by atoms with Gasteiger partial charge in [0, 0.05) is 11.8 Å². The van der Waals surface area contributed by atoms with Crippen molar-refractivity contribution in [2.45, 2.75) is 19.9 Å². The molecular formula is C15H16N2O4. The van der Waals surface area contributed by atoms with Crippen molar-refractivity contribution in [3.63, 3.8) is 0 Å². The molecule has 2 heterocycles. The summed E-state index contributed by atoms with van der Waals surface area (Å²) in [4.78, 5) is 12.0. The summed E-state index contributed by atoms with van der Waals surface area (Å²) in [6, 6.07) is 8.43. The van der Waals surface area contributed by atoms with Crippen LogP contribution in [0.5, 0.6) is 11.5 Å². The molecule has 0 bridgehead atoms. The highest BCUT2D eigenvalue weighted by Crippen LogP contribution is 2.34. The molecule has 0 saturated heterocycles. The first-order valence-electron chi connectivity index (χ1n) is 6.65. The van der Waals surface area contributed by atoms with E-state index in [1.807, 2.05) is 26.0 Å². The molecule has 2 N–H and O–H groups in total. The number of aryl methyl sites for hydroxylation is 1. The quantitative estimate of drug-likeness (QED) is 0.909. The van der Waals surface area contributed by atoms with Crippen LogP contribution < -0.4 is 20.1 Å². The number of ether oxygens (including phenoxy) is 2. The molecular weight excluding hydrogens is 272 g/mol. The molecule has 2 amide bonds. The van der Waals surface area contributed by atoms with E-state index >= 15 is 0 Å². The number of benzene rings is 1. The first-order valence-corrected chi connectivity index (χ1v) is 6.65. The minimum absolute atomic E-state index is 0.208. The van der Waals surface area contributed by atoms with Gasteiger partial charge < -0.3 is 24.5 Å².